The molecule has 6 heterocycles. The molecule has 7 rings (SSSR count). The highest BCUT2D eigenvalue weighted by molar-refractivity contribution is 7.90. The molecule has 242 valence electrons. The first-order valence-corrected chi connectivity index (χ1v) is 17.7. The average Bonchev–Trinajstić information content (AvgIpc) is 3.70. The summed E-state index contributed by atoms with van der Waals surface area (Å²) < 4.78 is 34.1. The number of hydrogen-bond donors (Lipinski definition) is 1. The number of rotatable bonds is 8. The normalized spacial score (nSPS) is 18.5. The number of thiazole rings is 1. The van der Waals surface area contributed by atoms with Gasteiger partial charge in [0.05, 0.1) is 52.8 Å². The summed E-state index contributed by atoms with van der Waals surface area (Å²) >= 11 is 1.71. The summed E-state index contributed by atoms with van der Waals surface area (Å²) in [7, 11) is -3.78. The summed E-state index contributed by atoms with van der Waals surface area (Å²) in [4.78, 5) is 32.2. The molecule has 0 bridgehead atoms. The summed E-state index contributed by atoms with van der Waals surface area (Å²) in [5.74, 6) is 0.388. The van der Waals surface area contributed by atoms with Gasteiger partial charge < -0.3 is 20.3 Å². The third-order valence-corrected chi connectivity index (χ3v) is 11.9. The molecule has 2 fully saturated rings. The minimum atomic E-state index is -3.78. The first-order valence-electron chi connectivity index (χ1n) is 15.5. The molecule has 3 aliphatic rings. The van der Waals surface area contributed by atoms with Crippen molar-refractivity contribution >= 4 is 49.7 Å². The summed E-state index contributed by atoms with van der Waals surface area (Å²) in [5.41, 5.74) is 7.58. The first-order chi connectivity index (χ1) is 22.1. The number of nitrogens with zero attached hydrogens (tertiary/aromatic N) is 7. The number of aromatic nitrogens is 3. The Morgan fingerprint density at radius 1 is 1.02 bits per heavy atom. The molecule has 0 saturated carbocycles. The number of fused-ring (bicyclic) bond motifs is 2. The minimum absolute atomic E-state index is 0.234. The molecule has 12 nitrogen and oxygen atoms in total. The number of benzene rings is 1. The number of hydrogen-bond acceptors (Lipinski definition) is 11. The predicted molar refractivity (Wildman–Crippen MR) is 178 cm³/mol. The van der Waals surface area contributed by atoms with Crippen molar-refractivity contribution in [2.75, 3.05) is 57.4 Å². The van der Waals surface area contributed by atoms with Crippen LogP contribution in [0.25, 0.3) is 16.6 Å². The molecule has 2 N–H and O–H groups in total. The summed E-state index contributed by atoms with van der Waals surface area (Å²) in [6.07, 6.45) is 5.38. The third kappa shape index (κ3) is 5.58. The van der Waals surface area contributed by atoms with Gasteiger partial charge in [-0.2, -0.15) is 0 Å². The van der Waals surface area contributed by atoms with E-state index >= 15 is 0 Å². The van der Waals surface area contributed by atoms with Gasteiger partial charge in [-0.15, -0.1) is 11.3 Å². The van der Waals surface area contributed by atoms with Gasteiger partial charge in [-0.05, 0) is 38.1 Å². The van der Waals surface area contributed by atoms with E-state index in [1.165, 1.54) is 3.97 Å². The molecule has 2 saturated heterocycles. The highest BCUT2D eigenvalue weighted by Crippen LogP contribution is 2.38. The van der Waals surface area contributed by atoms with Crippen LogP contribution in [0.3, 0.4) is 0 Å². The number of carbonyl (C=O) groups is 1. The van der Waals surface area contributed by atoms with Gasteiger partial charge in [-0.3, -0.25) is 14.6 Å². The molecule has 0 atom stereocenters. The second-order valence-corrected chi connectivity index (χ2v) is 15.3. The maximum absolute atomic E-state index is 13.5. The topological polar surface area (TPSA) is 130 Å². The van der Waals surface area contributed by atoms with E-state index in [0.717, 1.165) is 72.5 Å². The number of morpholine rings is 1. The van der Waals surface area contributed by atoms with E-state index in [-0.39, 0.29) is 10.8 Å². The fourth-order valence-corrected chi connectivity index (χ4v) is 8.83. The molecule has 0 unspecified atom stereocenters. The molecular formula is C32H38N8O4S2. The predicted octanol–water partition coefficient (Wildman–Crippen LogP) is 2.76. The Kier molecular flexibility index (Phi) is 8.09. The van der Waals surface area contributed by atoms with Gasteiger partial charge in [0.25, 0.3) is 10.0 Å². The fourth-order valence-electron chi connectivity index (χ4n) is 6.34. The van der Waals surface area contributed by atoms with Crippen LogP contribution in [0.15, 0.2) is 66.0 Å². The highest BCUT2D eigenvalue weighted by Gasteiger charge is 2.35. The zero-order valence-electron chi connectivity index (χ0n) is 26.0. The second-order valence-electron chi connectivity index (χ2n) is 12.3. The van der Waals surface area contributed by atoms with Crippen molar-refractivity contribution in [1.82, 2.24) is 28.6 Å². The Hall–Kier alpha value is -3.82. The maximum atomic E-state index is 13.5. The van der Waals surface area contributed by atoms with Crippen molar-refractivity contribution < 1.29 is 17.9 Å². The summed E-state index contributed by atoms with van der Waals surface area (Å²) in [6, 6.07) is 12.0. The summed E-state index contributed by atoms with van der Waals surface area (Å²) in [5, 5.41) is 1.80. The van der Waals surface area contributed by atoms with E-state index in [2.05, 4.69) is 25.8 Å². The molecule has 0 radical (unpaired) electrons. The largest absolute Gasteiger partial charge is 0.378 e. The van der Waals surface area contributed by atoms with Gasteiger partial charge in [0, 0.05) is 63.2 Å². The number of nitrogens with two attached hydrogens (primary N) is 1. The molecule has 0 spiro atoms. The lowest BCUT2D eigenvalue weighted by molar-refractivity contribution is -0.129. The van der Waals surface area contributed by atoms with Gasteiger partial charge in [-0.1, -0.05) is 18.2 Å². The lowest BCUT2D eigenvalue weighted by atomic mass is 10.0. The third-order valence-electron chi connectivity index (χ3n) is 9.18. The van der Waals surface area contributed by atoms with Crippen LogP contribution in [0, 0.1) is 0 Å². The van der Waals surface area contributed by atoms with Crippen LogP contribution >= 0.6 is 11.3 Å². The van der Waals surface area contributed by atoms with Crippen LogP contribution in [0.5, 0.6) is 0 Å². The minimum Gasteiger partial charge on any atom is -0.378 e. The Balaban J connectivity index is 1.18. The molecule has 0 aliphatic carbocycles. The van der Waals surface area contributed by atoms with Crippen molar-refractivity contribution in [3.8, 4) is 0 Å². The second kappa shape index (κ2) is 12.1. The van der Waals surface area contributed by atoms with E-state index in [4.69, 9.17) is 20.4 Å². The van der Waals surface area contributed by atoms with E-state index in [1.807, 2.05) is 19.9 Å². The van der Waals surface area contributed by atoms with Gasteiger partial charge in [-0.25, -0.2) is 22.4 Å². The van der Waals surface area contributed by atoms with Crippen molar-refractivity contribution in [2.45, 2.75) is 37.4 Å². The fraction of sp³-hybridized carbons (Fsp3) is 0.406. The zero-order chi connectivity index (χ0) is 32.1. The Morgan fingerprint density at radius 2 is 1.76 bits per heavy atom. The summed E-state index contributed by atoms with van der Waals surface area (Å²) in [6.45, 7) is 11.1. The Labute approximate surface area is 272 Å². The lowest BCUT2D eigenvalue weighted by Gasteiger charge is -2.42. The molecule has 1 aromatic carbocycles. The SMILES string of the molecule is CC(C)(C(N)=O)N1CCN(Cc2nc3c(s2)CN(c2nccc4c2ccn4S(=O)(=O)c2ccccc2)C=C3N2CCOCC2)CC1. The van der Waals surface area contributed by atoms with Crippen LogP contribution in [0.2, 0.25) is 0 Å². The molecule has 1 amide bonds. The van der Waals surface area contributed by atoms with E-state index < -0.39 is 15.6 Å². The lowest BCUT2D eigenvalue weighted by Crippen LogP contribution is -2.59. The van der Waals surface area contributed by atoms with E-state index in [9.17, 15) is 13.2 Å². The van der Waals surface area contributed by atoms with Gasteiger partial charge in [0.2, 0.25) is 5.91 Å². The standard InChI is InChI=1S/C32H38N8O4S2/c1-32(2,31(33)41)39-14-12-36(13-15-39)22-28-35-29-26(37-16-18-44-19-17-37)20-38(21-27(29)45-28)30-24-9-11-40(25(24)8-10-34-30)46(42,43)23-6-4-3-5-7-23/h3-11,20H,12-19,21-22H2,1-2H3,(H2,33,41). The molecule has 3 aliphatic heterocycles. The number of pyridine rings is 1. The van der Waals surface area contributed by atoms with Gasteiger partial charge in [0.1, 0.15) is 16.5 Å². The molecular weight excluding hydrogens is 625 g/mol. The van der Waals surface area contributed by atoms with Gasteiger partial charge >= 0.3 is 0 Å². The monoisotopic (exact) mass is 662 g/mol. The van der Waals surface area contributed by atoms with Crippen LogP contribution in [-0.4, -0.2) is 101 Å². The number of carbonyl (C=O) groups excluding carboxylic acids is 1. The highest BCUT2D eigenvalue weighted by atomic mass is 32.2. The van der Waals surface area contributed by atoms with Crippen LogP contribution in [0.4, 0.5) is 5.82 Å². The quantitative estimate of drug-likeness (QED) is 0.301. The Morgan fingerprint density at radius 3 is 2.48 bits per heavy atom. The number of primary amides is 1. The molecule has 14 heteroatoms. The van der Waals surface area contributed by atoms with Crippen molar-refractivity contribution in [3.63, 3.8) is 0 Å². The average molecular weight is 663 g/mol. The van der Waals surface area contributed by atoms with Crippen molar-refractivity contribution in [3.05, 3.63) is 76.6 Å². The number of amides is 1. The van der Waals surface area contributed by atoms with Crippen LogP contribution in [-0.2, 0) is 32.6 Å². The zero-order valence-corrected chi connectivity index (χ0v) is 27.6. The molecule has 46 heavy (non-hydrogen) atoms. The van der Waals surface area contributed by atoms with Crippen molar-refractivity contribution in [2.24, 2.45) is 5.73 Å². The van der Waals surface area contributed by atoms with Crippen LogP contribution in [0.1, 0.15) is 29.4 Å². The van der Waals surface area contributed by atoms with E-state index in [0.29, 0.717) is 31.1 Å². The smallest absolute Gasteiger partial charge is 0.268 e. The maximum Gasteiger partial charge on any atom is 0.268 e. The number of ether oxygens (including phenoxy) is 1. The van der Waals surface area contributed by atoms with Crippen molar-refractivity contribution in [1.29, 1.82) is 0 Å². The number of anilines is 1. The number of piperazine rings is 1. The van der Waals surface area contributed by atoms with Crippen LogP contribution < -0.4 is 10.6 Å². The first kappa shape index (κ1) is 30.8. The molecule has 3 aromatic heterocycles. The van der Waals surface area contributed by atoms with E-state index in [1.54, 1.807) is 60.1 Å². The van der Waals surface area contributed by atoms with Gasteiger partial charge in [0.15, 0.2) is 0 Å². The molecule has 4 aromatic rings. The Bertz CT molecular complexity index is 1890.